The van der Waals surface area contributed by atoms with Crippen molar-refractivity contribution in [3.8, 4) is 17.2 Å². The molecule has 0 aliphatic rings. The van der Waals surface area contributed by atoms with Crippen LogP contribution in [0.3, 0.4) is 0 Å². The van der Waals surface area contributed by atoms with Crippen molar-refractivity contribution < 1.29 is 18.6 Å². The van der Waals surface area contributed by atoms with Crippen molar-refractivity contribution in [2.45, 2.75) is 13.3 Å². The Balaban J connectivity index is 2.04. The molecule has 0 fully saturated rings. The van der Waals surface area contributed by atoms with Gasteiger partial charge in [0.15, 0.2) is 11.5 Å². The van der Waals surface area contributed by atoms with Crippen LogP contribution in [0.1, 0.15) is 13.3 Å². The molecule has 0 aliphatic carbocycles. The van der Waals surface area contributed by atoms with Crippen molar-refractivity contribution >= 4 is 13.2 Å². The number of methoxy groups -OCH3 is 1. The van der Waals surface area contributed by atoms with Gasteiger partial charge in [-0.25, -0.2) is 0 Å². The molecule has 124 valence electrons. The highest BCUT2D eigenvalue weighted by molar-refractivity contribution is 7.60. The van der Waals surface area contributed by atoms with E-state index in [4.69, 9.17) is 14.0 Å². The molecule has 5 nitrogen and oxygen atoms in total. The number of hydrogen-bond donors (Lipinski definition) is 1. The molecule has 2 aromatic rings. The van der Waals surface area contributed by atoms with Gasteiger partial charge in [-0.15, -0.1) is 0 Å². The van der Waals surface area contributed by atoms with Gasteiger partial charge in [0.25, 0.3) is 0 Å². The molecule has 0 aliphatic heterocycles. The number of nitrogens with one attached hydrogen (secondary N) is 1. The lowest BCUT2D eigenvalue weighted by Crippen LogP contribution is -2.03. The average molecular weight is 335 g/mol. The summed E-state index contributed by atoms with van der Waals surface area (Å²) >= 11 is 0. The molecule has 0 radical (unpaired) electrons. The van der Waals surface area contributed by atoms with Gasteiger partial charge in [0.1, 0.15) is 5.75 Å². The highest BCUT2D eigenvalue weighted by Crippen LogP contribution is 2.46. The summed E-state index contributed by atoms with van der Waals surface area (Å²) in [6.45, 7) is 4.26. The first-order chi connectivity index (χ1) is 11.0. The molecule has 2 rings (SSSR count). The van der Waals surface area contributed by atoms with Gasteiger partial charge in [-0.2, -0.15) is 0 Å². The molecule has 0 heterocycles. The van der Waals surface area contributed by atoms with Crippen LogP contribution < -0.4 is 19.1 Å². The molecule has 2 aromatic carbocycles. The summed E-state index contributed by atoms with van der Waals surface area (Å²) in [5.74, 6) is 1.77. The molecule has 0 spiro atoms. The molecule has 6 heteroatoms. The third-order valence-electron chi connectivity index (χ3n) is 3.00. The summed E-state index contributed by atoms with van der Waals surface area (Å²) in [5, 5.41) is 2.92. The van der Waals surface area contributed by atoms with Crippen molar-refractivity contribution in [2.75, 3.05) is 25.5 Å². The molecule has 0 bridgehead atoms. The number of rotatable bonds is 8. The molecular weight excluding hydrogens is 313 g/mol. The van der Waals surface area contributed by atoms with Crippen LogP contribution in [0.2, 0.25) is 0 Å². The molecule has 0 amide bonds. The van der Waals surface area contributed by atoms with Crippen molar-refractivity contribution in [2.24, 2.45) is 0 Å². The van der Waals surface area contributed by atoms with Crippen molar-refractivity contribution in [3.05, 3.63) is 48.5 Å². The fourth-order valence-electron chi connectivity index (χ4n) is 1.98. The van der Waals surface area contributed by atoms with Crippen molar-refractivity contribution in [3.63, 3.8) is 0 Å². The fourth-order valence-corrected chi connectivity index (χ4v) is 3.17. The Morgan fingerprint density at radius 1 is 1.04 bits per heavy atom. The summed E-state index contributed by atoms with van der Waals surface area (Å²) in [5.41, 5.74) is 0.703. The van der Waals surface area contributed by atoms with E-state index >= 15 is 0 Å². The van der Waals surface area contributed by atoms with E-state index in [1.165, 1.54) is 6.66 Å². The fraction of sp³-hybridized carbons (Fsp3) is 0.294. The van der Waals surface area contributed by atoms with Gasteiger partial charge in [-0.3, -0.25) is 4.57 Å². The molecule has 0 unspecified atom stereocenters. The quantitative estimate of drug-likeness (QED) is 0.702. The van der Waals surface area contributed by atoms with Crippen LogP contribution in [0.25, 0.3) is 0 Å². The number of para-hydroxylation sites is 2. The number of ether oxygens (including phenoxy) is 2. The third-order valence-corrected chi connectivity index (χ3v) is 4.21. The normalized spacial score (nSPS) is 13.0. The SMILES string of the molecule is CCCOc1ccc(N[P@](C)(=O)Oc2ccccc2OC)cc1. The summed E-state index contributed by atoms with van der Waals surface area (Å²) < 4.78 is 29.0. The third kappa shape index (κ3) is 5.22. The Labute approximate surface area is 137 Å². The molecule has 1 atom stereocenters. The summed E-state index contributed by atoms with van der Waals surface area (Å²) in [6, 6.07) is 14.4. The van der Waals surface area contributed by atoms with E-state index in [1.54, 1.807) is 25.3 Å². The average Bonchev–Trinajstić information content (AvgIpc) is 2.54. The van der Waals surface area contributed by atoms with Gasteiger partial charge in [0, 0.05) is 12.4 Å². The maximum absolute atomic E-state index is 12.7. The molecular formula is C17H22NO4P. The Kier molecular flexibility index (Phi) is 5.94. The lowest BCUT2D eigenvalue weighted by atomic mass is 10.3. The van der Waals surface area contributed by atoms with E-state index in [0.717, 1.165) is 12.2 Å². The minimum absolute atomic E-state index is 0.441. The van der Waals surface area contributed by atoms with E-state index in [-0.39, 0.29) is 0 Å². The zero-order valence-electron chi connectivity index (χ0n) is 13.6. The van der Waals surface area contributed by atoms with Gasteiger partial charge in [0.2, 0.25) is 0 Å². The first kappa shape index (κ1) is 17.2. The predicted octanol–water partition coefficient (Wildman–Crippen LogP) is 4.80. The van der Waals surface area contributed by atoms with Crippen LogP contribution in [0.5, 0.6) is 17.2 Å². The second kappa shape index (κ2) is 7.93. The number of hydrogen-bond acceptors (Lipinski definition) is 4. The maximum atomic E-state index is 12.7. The van der Waals surface area contributed by atoms with Crippen LogP contribution in [0.15, 0.2) is 48.5 Å². The van der Waals surface area contributed by atoms with Crippen LogP contribution in [0, 0.1) is 0 Å². The standard InChI is InChI=1S/C17H22NO4P/c1-4-13-21-15-11-9-14(10-12-15)18-23(3,19)22-17-8-6-5-7-16(17)20-2/h5-12H,4,13H2,1-3H3,(H,18,19)/t23-/m1/s1. The Bertz CT molecular complexity index is 673. The van der Waals surface area contributed by atoms with E-state index in [0.29, 0.717) is 23.8 Å². The summed E-state index contributed by atoms with van der Waals surface area (Å²) in [4.78, 5) is 0. The lowest BCUT2D eigenvalue weighted by Gasteiger charge is -2.19. The monoisotopic (exact) mass is 335 g/mol. The lowest BCUT2D eigenvalue weighted by molar-refractivity contribution is 0.317. The smallest absolute Gasteiger partial charge is 0.338 e. The highest BCUT2D eigenvalue weighted by atomic mass is 31.2. The molecule has 0 saturated heterocycles. The van der Waals surface area contributed by atoms with E-state index in [9.17, 15) is 4.57 Å². The largest absolute Gasteiger partial charge is 0.494 e. The number of anilines is 1. The van der Waals surface area contributed by atoms with Crippen molar-refractivity contribution in [1.29, 1.82) is 0 Å². The maximum Gasteiger partial charge on any atom is 0.338 e. The van der Waals surface area contributed by atoms with Crippen LogP contribution in [-0.4, -0.2) is 20.4 Å². The topological polar surface area (TPSA) is 56.8 Å². The van der Waals surface area contributed by atoms with Gasteiger partial charge in [-0.1, -0.05) is 19.1 Å². The first-order valence-electron chi connectivity index (χ1n) is 7.45. The van der Waals surface area contributed by atoms with Crippen LogP contribution >= 0.6 is 7.52 Å². The molecule has 1 N–H and O–H groups in total. The van der Waals surface area contributed by atoms with Gasteiger partial charge < -0.3 is 19.1 Å². The zero-order valence-corrected chi connectivity index (χ0v) is 14.5. The molecule has 23 heavy (non-hydrogen) atoms. The van der Waals surface area contributed by atoms with E-state index < -0.39 is 7.52 Å². The minimum Gasteiger partial charge on any atom is -0.494 e. The second-order valence-corrected chi connectivity index (χ2v) is 7.17. The summed E-state index contributed by atoms with van der Waals surface area (Å²) in [7, 11) is -1.54. The minimum atomic E-state index is -3.08. The van der Waals surface area contributed by atoms with Gasteiger partial charge in [0.05, 0.1) is 13.7 Å². The summed E-state index contributed by atoms with van der Waals surface area (Å²) in [6.07, 6.45) is 0.955. The predicted molar refractivity (Wildman–Crippen MR) is 93.0 cm³/mol. The molecule has 0 saturated carbocycles. The van der Waals surface area contributed by atoms with Gasteiger partial charge in [-0.05, 0) is 42.8 Å². The first-order valence-corrected chi connectivity index (χ1v) is 9.52. The van der Waals surface area contributed by atoms with E-state index in [1.807, 2.05) is 30.3 Å². The van der Waals surface area contributed by atoms with Crippen LogP contribution in [-0.2, 0) is 4.57 Å². The Morgan fingerprint density at radius 3 is 2.30 bits per heavy atom. The molecule has 0 aromatic heterocycles. The van der Waals surface area contributed by atoms with Crippen molar-refractivity contribution in [1.82, 2.24) is 0 Å². The van der Waals surface area contributed by atoms with E-state index in [2.05, 4.69) is 12.0 Å². The Hall–Kier alpha value is -2.13. The highest BCUT2D eigenvalue weighted by Gasteiger charge is 2.19. The number of benzene rings is 2. The second-order valence-electron chi connectivity index (χ2n) is 5.07. The Morgan fingerprint density at radius 2 is 1.70 bits per heavy atom. The van der Waals surface area contributed by atoms with Crippen LogP contribution in [0.4, 0.5) is 5.69 Å². The zero-order chi connectivity index (χ0) is 16.7. The van der Waals surface area contributed by atoms with Gasteiger partial charge >= 0.3 is 7.52 Å².